The van der Waals surface area contributed by atoms with E-state index in [9.17, 15) is 72.2 Å². The zero-order valence-electron chi connectivity index (χ0n) is 91.0. The highest BCUT2D eigenvalue weighted by Gasteiger charge is 2.49. The molecule has 34 nitrogen and oxygen atoms in total. The second-order valence-electron chi connectivity index (χ2n) is 42.1. The number of likely N-dealkylation sites (tertiary alicyclic amines) is 2. The molecular weight excluding hydrogens is 1800 g/mol. The van der Waals surface area contributed by atoms with Crippen LogP contribution in [0.25, 0.3) is 0 Å². The normalized spacial score (nSPS) is 17.7. The molecule has 0 saturated carbocycles. The molecule has 2 saturated heterocycles. The van der Waals surface area contributed by atoms with Crippen LogP contribution in [0, 0.1) is 65.1 Å². The number of esters is 2. The topological polar surface area (TPSA) is 409 Å². The lowest BCUT2D eigenvalue weighted by molar-refractivity contribution is -0.153. The van der Waals surface area contributed by atoms with Crippen LogP contribution in [0.3, 0.4) is 0 Å². The molecule has 2 aliphatic heterocycles. The third-order valence-electron chi connectivity index (χ3n) is 26.9. The maximum absolute atomic E-state index is 14.8. The number of aliphatic carboxylic acids is 1. The average Bonchev–Trinajstić information content (AvgIpc) is 1.28. The number of ketones is 1. The van der Waals surface area contributed by atoms with E-state index >= 15 is 0 Å². The Kier molecular flexibility index (Phi) is 56.0. The Morgan fingerprint density at radius 2 is 0.779 bits per heavy atom. The van der Waals surface area contributed by atoms with E-state index in [1.165, 1.54) is 76.3 Å². The molecule has 34 heteroatoms. The van der Waals surface area contributed by atoms with Crippen molar-refractivity contribution in [2.45, 2.75) is 359 Å². The molecule has 2 fully saturated rings. The van der Waals surface area contributed by atoms with Gasteiger partial charge in [-0.25, -0.2) is 24.0 Å². The number of carbonyl (C=O) groups is 14. The largest absolute Gasteiger partial charge is 0.480 e. The van der Waals surface area contributed by atoms with Crippen LogP contribution in [0.5, 0.6) is 0 Å². The van der Waals surface area contributed by atoms with Gasteiger partial charge in [0, 0.05) is 109 Å². The van der Waals surface area contributed by atoms with E-state index in [1.807, 2.05) is 158 Å². The van der Waals surface area contributed by atoms with Crippen molar-refractivity contribution < 1.29 is 110 Å². The van der Waals surface area contributed by atoms with Crippen molar-refractivity contribution in [3.63, 3.8) is 0 Å². The standard InChI is InChI=1S/C53H89N5O11.C34H56N4O7.C18H34N2O5.CH4/c1-19-35(8)46(43(66-16)31-44(60)58-27-23-26-40(58)47(67-17)36(9)48(61)54-39(51(64)68-18)29-37-24-21-20-22-25-37)57(15)49(62)38(33(4)5)30-42(59)45(34(6)7)56(14)50(63)41(28-32(2)3)55(13)52(65)69-53(10,11)12;1-10-22(4)30(37(6)33(41)29(35)21(2)3)27(43-7)20-28(39)38-18-14-17-26(38)31(44-8)23(5)32(40)36-25(34(42)45-9)19-24-15-12-11-13-16-24;1-11(2)10-13(19(8)17(24)25-18(5,6)7)15(21)20(9)14(12(3)4)16(22)23;/h20-22,24-25,32-36,38-41,43,45-47H,19,23,26-31H2,1-18H3,(H,54,61);11-13,15-16,21-23,25-27,29-31H,10,14,17-20,35H2,1-9H3,(H,36,40);11-14H,10H2,1-9H3,(H,22,23);1H4/t35-,36+,38-,39-,40-,41-,43+,45-,46-,47+;22-,23+,25-,26-,27+,29-,30-,31+;13-,14-;/m000./s1. The number of hydrogen-bond donors (Lipinski definition) is 4. The molecule has 0 bridgehead atoms. The Bertz CT molecular complexity index is 4180. The molecule has 0 aliphatic carbocycles. The first-order chi connectivity index (χ1) is 64.7. The first-order valence-corrected chi connectivity index (χ1v) is 49.7. The van der Waals surface area contributed by atoms with Gasteiger partial charge in [0.15, 0.2) is 5.78 Å². The number of likely N-dealkylation sites (N-methyl/N-ethyl adjacent to an activating group) is 6. The monoisotopic (exact) mass is 1980 g/mol. The average molecular weight is 1980 g/mol. The number of nitrogens with zero attached hydrogens (tertiary/aromatic N) is 8. The molecule has 10 amide bonds. The summed E-state index contributed by atoms with van der Waals surface area (Å²) in [6, 6.07) is 11.1. The molecule has 0 radical (unpaired) electrons. The third-order valence-corrected chi connectivity index (χ3v) is 26.9. The maximum Gasteiger partial charge on any atom is 0.410 e. The second-order valence-corrected chi connectivity index (χ2v) is 42.1. The molecule has 140 heavy (non-hydrogen) atoms. The van der Waals surface area contributed by atoms with Crippen molar-refractivity contribution in [2.75, 3.05) is 98.0 Å². The van der Waals surface area contributed by atoms with Gasteiger partial charge in [-0.1, -0.05) is 206 Å². The van der Waals surface area contributed by atoms with Crippen LogP contribution in [0.1, 0.15) is 255 Å². The van der Waals surface area contributed by atoms with Crippen LogP contribution in [-0.4, -0.2) is 328 Å². The van der Waals surface area contributed by atoms with E-state index < -0.39 is 150 Å². The predicted octanol–water partition coefficient (Wildman–Crippen LogP) is 13.1. The van der Waals surface area contributed by atoms with Crippen LogP contribution in [0.15, 0.2) is 60.7 Å². The minimum absolute atomic E-state index is 0. The summed E-state index contributed by atoms with van der Waals surface area (Å²) in [5.74, 6) is -7.65. The molecular formula is C106H183N11O23. The number of carboxylic acids is 1. The van der Waals surface area contributed by atoms with Crippen molar-refractivity contribution >= 4 is 83.1 Å². The van der Waals surface area contributed by atoms with E-state index in [1.54, 1.807) is 117 Å². The van der Waals surface area contributed by atoms with E-state index in [0.717, 1.165) is 24.0 Å². The van der Waals surface area contributed by atoms with E-state index in [4.69, 9.17) is 43.6 Å². The number of methoxy groups -OCH3 is 6. The number of nitrogens with two attached hydrogens (primary N) is 1. The summed E-state index contributed by atoms with van der Waals surface area (Å²) >= 11 is 0. The lowest BCUT2D eigenvalue weighted by atomic mass is 9.83. The Hall–Kier alpha value is -9.38. The zero-order chi connectivity index (χ0) is 107. The number of benzene rings is 2. The van der Waals surface area contributed by atoms with Crippen LogP contribution >= 0.6 is 0 Å². The summed E-state index contributed by atoms with van der Waals surface area (Å²) in [7, 11) is 18.2. The quantitative estimate of drug-likeness (QED) is 0.0353. The van der Waals surface area contributed by atoms with Crippen LogP contribution in [0.2, 0.25) is 0 Å². The van der Waals surface area contributed by atoms with Gasteiger partial charge in [0.1, 0.15) is 41.4 Å². The zero-order valence-corrected chi connectivity index (χ0v) is 91.0. The number of amides is 10. The van der Waals surface area contributed by atoms with Crippen LogP contribution < -0.4 is 16.4 Å². The highest BCUT2D eigenvalue weighted by Crippen LogP contribution is 2.35. The smallest absolute Gasteiger partial charge is 0.410 e. The van der Waals surface area contributed by atoms with Gasteiger partial charge in [-0.15, -0.1) is 0 Å². The molecule has 2 aromatic rings. The fourth-order valence-electron chi connectivity index (χ4n) is 18.7. The fraction of sp³-hybridized carbons (Fsp3) is 0.755. The molecule has 0 unspecified atom stereocenters. The number of carbonyl (C=O) groups excluding carboxylic acids is 13. The van der Waals surface area contributed by atoms with E-state index in [-0.39, 0.29) is 140 Å². The van der Waals surface area contributed by atoms with Gasteiger partial charge in [0.2, 0.25) is 47.3 Å². The van der Waals surface area contributed by atoms with Gasteiger partial charge < -0.3 is 88.8 Å². The predicted molar refractivity (Wildman–Crippen MR) is 543 cm³/mol. The van der Waals surface area contributed by atoms with Gasteiger partial charge in [-0.2, -0.15) is 0 Å². The Morgan fingerprint density at radius 1 is 0.443 bits per heavy atom. The molecule has 20 atom stereocenters. The summed E-state index contributed by atoms with van der Waals surface area (Å²) in [6.45, 7) is 45.7. The molecule has 2 heterocycles. The fourth-order valence-corrected chi connectivity index (χ4v) is 18.7. The Labute approximate surface area is 838 Å². The van der Waals surface area contributed by atoms with Crippen molar-refractivity contribution in [3.05, 3.63) is 71.8 Å². The van der Waals surface area contributed by atoms with Crippen molar-refractivity contribution in [2.24, 2.45) is 70.8 Å². The van der Waals surface area contributed by atoms with Gasteiger partial charge in [-0.3, -0.25) is 53.0 Å². The molecule has 2 aliphatic rings. The molecule has 0 spiro atoms. The summed E-state index contributed by atoms with van der Waals surface area (Å²) in [4.78, 5) is 200. The van der Waals surface area contributed by atoms with Gasteiger partial charge in [-0.05, 0) is 139 Å². The molecule has 4 rings (SSSR count). The van der Waals surface area contributed by atoms with Gasteiger partial charge >= 0.3 is 30.1 Å². The highest BCUT2D eigenvalue weighted by molar-refractivity contribution is 5.95. The molecule has 800 valence electrons. The minimum atomic E-state index is -1.06. The summed E-state index contributed by atoms with van der Waals surface area (Å²) in [5.41, 5.74) is 6.51. The second kappa shape index (κ2) is 60.9. The number of carboxylic acid groups (broad SMARTS) is 1. The number of Topliss-reactive ketones (excluding diaryl/α,β-unsaturated/α-hetero) is 1. The first kappa shape index (κ1) is 129. The number of hydrogen-bond acceptors (Lipinski definition) is 23. The Morgan fingerprint density at radius 3 is 1.06 bits per heavy atom. The molecule has 0 aromatic heterocycles. The van der Waals surface area contributed by atoms with Crippen LogP contribution in [-0.2, 0) is 108 Å². The van der Waals surface area contributed by atoms with Crippen molar-refractivity contribution in [1.29, 1.82) is 0 Å². The molecule has 2 aromatic carbocycles. The lowest BCUT2D eigenvalue weighted by Gasteiger charge is -2.41. The summed E-state index contributed by atoms with van der Waals surface area (Å²) in [5, 5.41) is 15.1. The Balaban J connectivity index is 0.00000118. The third kappa shape index (κ3) is 38.7. The molecule has 5 N–H and O–H groups in total. The van der Waals surface area contributed by atoms with Gasteiger partial charge in [0.25, 0.3) is 0 Å². The van der Waals surface area contributed by atoms with E-state index in [2.05, 4.69) is 10.6 Å². The van der Waals surface area contributed by atoms with E-state index in [0.29, 0.717) is 51.6 Å². The number of nitrogens with one attached hydrogen (secondary N) is 2. The number of ether oxygens (including phenoxy) is 8. The lowest BCUT2D eigenvalue weighted by Crippen LogP contribution is -2.56. The highest BCUT2D eigenvalue weighted by atomic mass is 16.6. The van der Waals surface area contributed by atoms with Crippen molar-refractivity contribution in [3.8, 4) is 0 Å². The minimum Gasteiger partial charge on any atom is -0.480 e. The van der Waals surface area contributed by atoms with Gasteiger partial charge in [0.05, 0.1) is 99.6 Å². The first-order valence-electron chi connectivity index (χ1n) is 49.7. The summed E-state index contributed by atoms with van der Waals surface area (Å²) in [6.07, 6.45) is 1.53. The van der Waals surface area contributed by atoms with Crippen molar-refractivity contribution in [1.82, 2.24) is 49.8 Å². The SMILES string of the molecule is C.CC(C)C[C@@H](C(=O)N(C)[C@H](C(=O)O)C(C)C)N(C)C(=O)OC(C)(C)C.CC[C@H](C)[C@@H]([C@@H](CC(=O)N1CCC[C@H]1[C@H](OC)[C@@H](C)C(=O)N[C@@H](Cc1ccccc1)C(=O)OC)OC)N(C)C(=O)[C@@H](CC(=O)[C@H](C(C)C)N(C)C(=O)[C@H](CC(C)C)N(C)C(=O)OC(C)(C)C)C(C)C.CC[C@H](C)[C@@H]([C@@H](CC(=O)N1CCC[C@H]1[C@H](OC)[C@@H](C)C(=O)N[C@@H](Cc1ccccc1)C(=O)OC)OC)N(C)C(=O)[C@@H](N)C(C)C. The summed E-state index contributed by atoms with van der Waals surface area (Å²) < 4.78 is 44.8. The maximum atomic E-state index is 14.8. The number of rotatable bonds is 50. The van der Waals surface area contributed by atoms with Crippen LogP contribution in [0.4, 0.5) is 9.59 Å².